The first kappa shape index (κ1) is 16.9. The molecule has 24 heavy (non-hydrogen) atoms. The number of halogens is 1. The van der Waals surface area contributed by atoms with Crippen LogP contribution >= 0.6 is 0 Å². The largest absolute Gasteiger partial charge is 0.353 e. The van der Waals surface area contributed by atoms with Crippen LogP contribution in [0, 0.1) is 17.7 Å². The van der Waals surface area contributed by atoms with Gasteiger partial charge in [0.1, 0.15) is 5.82 Å². The van der Waals surface area contributed by atoms with Crippen LogP contribution in [0.25, 0.3) is 0 Å². The first-order chi connectivity index (χ1) is 11.6. The Morgan fingerprint density at radius 2 is 2.12 bits per heavy atom. The van der Waals surface area contributed by atoms with Gasteiger partial charge in [-0.05, 0) is 49.7 Å². The number of rotatable bonds is 4. The maximum atomic E-state index is 13.7. The molecule has 1 saturated carbocycles. The van der Waals surface area contributed by atoms with Gasteiger partial charge in [-0.2, -0.15) is 0 Å². The fraction of sp³-hybridized carbons (Fsp3) is 0.579. The topological polar surface area (TPSA) is 58.2 Å². The fourth-order valence-corrected chi connectivity index (χ4v) is 4.31. The molecule has 3 rings (SSSR count). The van der Waals surface area contributed by atoms with Gasteiger partial charge in [-0.25, -0.2) is 4.39 Å². The van der Waals surface area contributed by atoms with Crippen LogP contribution in [0.5, 0.6) is 0 Å². The summed E-state index contributed by atoms with van der Waals surface area (Å²) in [6, 6.07) is 6.13. The Hall–Kier alpha value is -1.91. The summed E-state index contributed by atoms with van der Waals surface area (Å²) in [6.45, 7) is 2.15. The highest BCUT2D eigenvalue weighted by Crippen LogP contribution is 2.37. The van der Waals surface area contributed by atoms with Crippen molar-refractivity contribution < 1.29 is 14.0 Å². The Bertz CT molecular complexity index is 619. The van der Waals surface area contributed by atoms with Crippen LogP contribution in [-0.4, -0.2) is 23.9 Å². The fourth-order valence-electron chi connectivity index (χ4n) is 4.31. The predicted octanol–water partition coefficient (Wildman–Crippen LogP) is 3.03. The third-order valence-electron chi connectivity index (χ3n) is 5.42. The molecule has 0 radical (unpaired) electrons. The third kappa shape index (κ3) is 3.60. The number of amides is 2. The summed E-state index contributed by atoms with van der Waals surface area (Å²) in [5.74, 6) is 0.207. The third-order valence-corrected chi connectivity index (χ3v) is 5.42. The first-order valence-electron chi connectivity index (χ1n) is 8.93. The van der Waals surface area contributed by atoms with Crippen LogP contribution < -0.4 is 10.6 Å². The van der Waals surface area contributed by atoms with Crippen molar-refractivity contribution in [3.05, 3.63) is 35.6 Å². The quantitative estimate of drug-likeness (QED) is 0.890. The van der Waals surface area contributed by atoms with Crippen molar-refractivity contribution in [1.82, 2.24) is 10.6 Å². The standard InChI is InChI=1S/C19H25FN2O2/c1-2-5-12-10-18(23)22-17-11-13(8-9-14(12)17)21-19(24)15-6-3-4-7-16(15)20/h3-4,6-7,12-14,17H,2,5,8-11H2,1H3,(H,21,24)(H,22,23). The molecular formula is C19H25FN2O2. The summed E-state index contributed by atoms with van der Waals surface area (Å²) in [6.07, 6.45) is 5.42. The minimum absolute atomic E-state index is 0.0148. The molecule has 2 amide bonds. The molecule has 2 N–H and O–H groups in total. The normalized spacial score (nSPS) is 29.5. The minimum Gasteiger partial charge on any atom is -0.353 e. The van der Waals surface area contributed by atoms with Gasteiger partial charge in [0.25, 0.3) is 5.91 Å². The van der Waals surface area contributed by atoms with E-state index in [2.05, 4.69) is 17.6 Å². The number of hydrogen-bond acceptors (Lipinski definition) is 2. The Morgan fingerprint density at radius 3 is 2.88 bits per heavy atom. The van der Waals surface area contributed by atoms with E-state index in [0.29, 0.717) is 18.3 Å². The van der Waals surface area contributed by atoms with E-state index in [0.717, 1.165) is 32.1 Å². The summed E-state index contributed by atoms with van der Waals surface area (Å²) in [7, 11) is 0. The average Bonchev–Trinajstić information content (AvgIpc) is 2.55. The van der Waals surface area contributed by atoms with Crippen LogP contribution in [0.15, 0.2) is 24.3 Å². The highest BCUT2D eigenvalue weighted by Gasteiger charge is 2.40. The highest BCUT2D eigenvalue weighted by molar-refractivity contribution is 5.94. The number of carbonyl (C=O) groups is 2. The molecule has 5 heteroatoms. The van der Waals surface area contributed by atoms with E-state index in [-0.39, 0.29) is 29.5 Å². The molecule has 1 aliphatic heterocycles. The van der Waals surface area contributed by atoms with E-state index in [9.17, 15) is 14.0 Å². The number of hydrogen-bond donors (Lipinski definition) is 2. The van der Waals surface area contributed by atoms with Gasteiger partial charge in [-0.3, -0.25) is 9.59 Å². The second-order valence-electron chi connectivity index (χ2n) is 7.05. The van der Waals surface area contributed by atoms with Crippen molar-refractivity contribution in [2.75, 3.05) is 0 Å². The molecule has 4 unspecified atom stereocenters. The Kier molecular flexibility index (Phi) is 5.17. The number of benzene rings is 1. The van der Waals surface area contributed by atoms with Gasteiger partial charge in [0.05, 0.1) is 5.56 Å². The summed E-state index contributed by atoms with van der Waals surface area (Å²) in [4.78, 5) is 24.2. The molecular weight excluding hydrogens is 307 g/mol. The van der Waals surface area contributed by atoms with Crippen molar-refractivity contribution in [3.8, 4) is 0 Å². The van der Waals surface area contributed by atoms with Gasteiger partial charge < -0.3 is 10.6 Å². The van der Waals surface area contributed by atoms with Crippen molar-refractivity contribution in [3.63, 3.8) is 0 Å². The lowest BCUT2D eigenvalue weighted by Crippen LogP contribution is -2.55. The summed E-state index contributed by atoms with van der Waals surface area (Å²) in [5.41, 5.74) is 0.0798. The molecule has 1 heterocycles. The van der Waals surface area contributed by atoms with Crippen molar-refractivity contribution in [2.45, 2.75) is 57.5 Å². The summed E-state index contributed by atoms with van der Waals surface area (Å²) < 4.78 is 13.7. The smallest absolute Gasteiger partial charge is 0.254 e. The number of fused-ring (bicyclic) bond motifs is 1. The van der Waals surface area contributed by atoms with E-state index in [1.807, 2.05) is 0 Å². The van der Waals surface area contributed by atoms with E-state index in [1.54, 1.807) is 12.1 Å². The lowest BCUT2D eigenvalue weighted by molar-refractivity contribution is -0.127. The van der Waals surface area contributed by atoms with Crippen LogP contribution in [0.2, 0.25) is 0 Å². The van der Waals surface area contributed by atoms with E-state index in [4.69, 9.17) is 0 Å². The highest BCUT2D eigenvalue weighted by atomic mass is 19.1. The summed E-state index contributed by atoms with van der Waals surface area (Å²) in [5, 5.41) is 6.04. The maximum Gasteiger partial charge on any atom is 0.254 e. The second kappa shape index (κ2) is 7.32. The van der Waals surface area contributed by atoms with E-state index >= 15 is 0 Å². The molecule has 2 aliphatic rings. The molecule has 1 aromatic rings. The zero-order chi connectivity index (χ0) is 17.1. The van der Waals surface area contributed by atoms with E-state index < -0.39 is 5.82 Å². The van der Waals surface area contributed by atoms with Crippen LogP contribution in [-0.2, 0) is 4.79 Å². The molecule has 1 saturated heterocycles. The van der Waals surface area contributed by atoms with Crippen LogP contribution in [0.4, 0.5) is 4.39 Å². The number of nitrogens with one attached hydrogen (secondary N) is 2. The van der Waals surface area contributed by atoms with Gasteiger partial charge in [0.2, 0.25) is 5.91 Å². The Morgan fingerprint density at radius 1 is 1.33 bits per heavy atom. The first-order valence-corrected chi connectivity index (χ1v) is 8.93. The average molecular weight is 332 g/mol. The number of piperidine rings is 1. The Balaban J connectivity index is 1.63. The molecule has 0 aromatic heterocycles. The van der Waals surface area contributed by atoms with Gasteiger partial charge in [-0.15, -0.1) is 0 Å². The van der Waals surface area contributed by atoms with Gasteiger partial charge in [0.15, 0.2) is 0 Å². The summed E-state index contributed by atoms with van der Waals surface area (Å²) >= 11 is 0. The SMILES string of the molecule is CCCC1CC(=O)NC2CC(NC(=O)c3ccccc3F)CCC12. The van der Waals surface area contributed by atoms with Crippen LogP contribution in [0.3, 0.4) is 0 Å². The van der Waals surface area contributed by atoms with Crippen molar-refractivity contribution >= 4 is 11.8 Å². The lowest BCUT2D eigenvalue weighted by atomic mass is 9.70. The maximum absolute atomic E-state index is 13.7. The molecule has 4 nitrogen and oxygen atoms in total. The molecule has 130 valence electrons. The van der Waals surface area contributed by atoms with E-state index in [1.165, 1.54) is 12.1 Å². The second-order valence-corrected chi connectivity index (χ2v) is 7.05. The molecule has 1 aliphatic carbocycles. The molecule has 2 fully saturated rings. The van der Waals surface area contributed by atoms with Gasteiger partial charge in [-0.1, -0.05) is 25.5 Å². The lowest BCUT2D eigenvalue weighted by Gasteiger charge is -2.44. The monoisotopic (exact) mass is 332 g/mol. The predicted molar refractivity (Wildman–Crippen MR) is 89.9 cm³/mol. The molecule has 1 aromatic carbocycles. The zero-order valence-electron chi connectivity index (χ0n) is 14.1. The zero-order valence-corrected chi connectivity index (χ0v) is 14.1. The van der Waals surface area contributed by atoms with Crippen molar-refractivity contribution in [1.29, 1.82) is 0 Å². The number of carbonyl (C=O) groups excluding carboxylic acids is 2. The molecule has 0 bridgehead atoms. The van der Waals surface area contributed by atoms with Gasteiger partial charge in [0, 0.05) is 18.5 Å². The van der Waals surface area contributed by atoms with Crippen molar-refractivity contribution in [2.24, 2.45) is 11.8 Å². The Labute approximate surface area is 142 Å². The minimum atomic E-state index is -0.502. The molecule has 0 spiro atoms. The molecule has 4 atom stereocenters. The van der Waals surface area contributed by atoms with Gasteiger partial charge >= 0.3 is 0 Å². The van der Waals surface area contributed by atoms with Crippen LogP contribution in [0.1, 0.15) is 55.8 Å².